The fraction of sp³-hybridized carbons (Fsp3) is 0.273. The molecule has 0 aromatic heterocycles. The lowest BCUT2D eigenvalue weighted by Crippen LogP contribution is -2.11. The van der Waals surface area contributed by atoms with E-state index in [0.717, 1.165) is 0 Å². The lowest BCUT2D eigenvalue weighted by molar-refractivity contribution is 0.0695. The molecule has 1 aromatic carbocycles. The summed E-state index contributed by atoms with van der Waals surface area (Å²) in [6, 6.07) is 1.50. The van der Waals surface area contributed by atoms with E-state index >= 15 is 0 Å². The van der Waals surface area contributed by atoms with Crippen LogP contribution in [0.4, 0.5) is 0 Å². The number of aryl methyl sites for hydroxylation is 1. The summed E-state index contributed by atoms with van der Waals surface area (Å²) in [5.74, 6) is -2.21. The number of hydrogen-bond acceptors (Lipinski definition) is 2. The van der Waals surface area contributed by atoms with Crippen molar-refractivity contribution in [1.29, 1.82) is 0 Å². The summed E-state index contributed by atoms with van der Waals surface area (Å²) in [6.07, 6.45) is 0. The summed E-state index contributed by atoms with van der Waals surface area (Å²) >= 11 is 3.21. The molecular weight excluding hydrogens is 276 g/mol. The Morgan fingerprint density at radius 1 is 1.25 bits per heavy atom. The van der Waals surface area contributed by atoms with Crippen LogP contribution in [0.2, 0.25) is 0 Å². The van der Waals surface area contributed by atoms with Crippen LogP contribution in [0.25, 0.3) is 0 Å². The summed E-state index contributed by atoms with van der Waals surface area (Å²) in [4.78, 5) is 22.1. The average molecular weight is 287 g/mol. The zero-order chi connectivity index (χ0) is 12.5. The molecule has 4 nitrogen and oxygen atoms in total. The Hall–Kier alpha value is -1.36. The zero-order valence-electron chi connectivity index (χ0n) is 8.87. The SMILES string of the molecule is Cc1cc(C(=O)O)c(C)c(C(=O)O)c1CBr. The van der Waals surface area contributed by atoms with Crippen molar-refractivity contribution in [2.75, 3.05) is 0 Å². The van der Waals surface area contributed by atoms with E-state index < -0.39 is 11.9 Å². The Bertz CT molecular complexity index is 466. The second kappa shape index (κ2) is 4.65. The molecule has 0 amide bonds. The Morgan fingerprint density at radius 3 is 2.19 bits per heavy atom. The van der Waals surface area contributed by atoms with Crippen LogP contribution in [-0.4, -0.2) is 22.2 Å². The van der Waals surface area contributed by atoms with Gasteiger partial charge in [0.1, 0.15) is 0 Å². The van der Waals surface area contributed by atoms with Crippen molar-refractivity contribution in [3.05, 3.63) is 33.9 Å². The number of carboxylic acid groups (broad SMARTS) is 2. The van der Waals surface area contributed by atoms with Crippen molar-refractivity contribution in [1.82, 2.24) is 0 Å². The summed E-state index contributed by atoms with van der Waals surface area (Å²) in [5, 5.41) is 18.4. The van der Waals surface area contributed by atoms with Crippen molar-refractivity contribution < 1.29 is 19.8 Å². The van der Waals surface area contributed by atoms with Crippen LogP contribution in [0.5, 0.6) is 0 Å². The summed E-state index contributed by atoms with van der Waals surface area (Å²) < 4.78 is 0. The normalized spacial score (nSPS) is 10.2. The smallest absolute Gasteiger partial charge is 0.336 e. The molecule has 0 unspecified atom stereocenters. The first-order valence-electron chi connectivity index (χ1n) is 4.55. The monoisotopic (exact) mass is 286 g/mol. The van der Waals surface area contributed by atoms with E-state index in [9.17, 15) is 9.59 Å². The third-order valence-corrected chi connectivity index (χ3v) is 3.06. The van der Waals surface area contributed by atoms with Crippen LogP contribution in [0.3, 0.4) is 0 Å². The van der Waals surface area contributed by atoms with Crippen molar-refractivity contribution >= 4 is 27.9 Å². The first kappa shape index (κ1) is 12.7. The third-order valence-electron chi connectivity index (χ3n) is 2.50. The van der Waals surface area contributed by atoms with Gasteiger partial charge in [0.25, 0.3) is 0 Å². The van der Waals surface area contributed by atoms with Gasteiger partial charge in [-0.25, -0.2) is 9.59 Å². The van der Waals surface area contributed by atoms with Gasteiger partial charge in [-0.2, -0.15) is 0 Å². The molecule has 0 atom stereocenters. The minimum absolute atomic E-state index is 0.0413. The van der Waals surface area contributed by atoms with E-state index in [-0.39, 0.29) is 11.1 Å². The number of aromatic carboxylic acids is 2. The molecule has 16 heavy (non-hydrogen) atoms. The highest BCUT2D eigenvalue weighted by atomic mass is 79.9. The Labute approximate surface area is 101 Å². The van der Waals surface area contributed by atoms with Crippen LogP contribution in [0, 0.1) is 13.8 Å². The Morgan fingerprint density at radius 2 is 1.81 bits per heavy atom. The Balaban J connectivity index is 3.65. The molecule has 0 aliphatic heterocycles. The highest BCUT2D eigenvalue weighted by Gasteiger charge is 2.20. The van der Waals surface area contributed by atoms with E-state index in [1.165, 1.54) is 13.0 Å². The summed E-state index contributed by atoms with van der Waals surface area (Å²) in [5.41, 5.74) is 1.70. The molecule has 0 radical (unpaired) electrons. The molecule has 1 rings (SSSR count). The second-order valence-corrected chi connectivity index (χ2v) is 4.02. The fourth-order valence-electron chi connectivity index (χ4n) is 1.65. The lowest BCUT2D eigenvalue weighted by Gasteiger charge is -2.12. The number of carbonyl (C=O) groups is 2. The van der Waals surface area contributed by atoms with Gasteiger partial charge in [-0.3, -0.25) is 0 Å². The molecule has 5 heteroatoms. The first-order chi connectivity index (χ1) is 7.40. The van der Waals surface area contributed by atoms with E-state index in [4.69, 9.17) is 10.2 Å². The van der Waals surface area contributed by atoms with Crippen molar-refractivity contribution in [2.45, 2.75) is 19.2 Å². The molecule has 0 spiro atoms. The van der Waals surface area contributed by atoms with Gasteiger partial charge >= 0.3 is 11.9 Å². The maximum atomic E-state index is 11.1. The first-order valence-corrected chi connectivity index (χ1v) is 5.68. The minimum Gasteiger partial charge on any atom is -0.478 e. The molecule has 0 aliphatic carbocycles. The molecule has 0 fully saturated rings. The van der Waals surface area contributed by atoms with E-state index in [2.05, 4.69) is 15.9 Å². The number of carboxylic acids is 2. The van der Waals surface area contributed by atoms with Crippen molar-refractivity contribution in [3.8, 4) is 0 Å². The van der Waals surface area contributed by atoms with E-state index in [0.29, 0.717) is 22.0 Å². The van der Waals surface area contributed by atoms with Crippen molar-refractivity contribution in [2.24, 2.45) is 0 Å². The van der Waals surface area contributed by atoms with Gasteiger partial charge in [0.15, 0.2) is 0 Å². The molecule has 86 valence electrons. The third kappa shape index (κ3) is 2.09. The predicted molar refractivity (Wildman–Crippen MR) is 62.5 cm³/mol. The van der Waals surface area contributed by atoms with Gasteiger partial charge < -0.3 is 10.2 Å². The van der Waals surface area contributed by atoms with Crippen LogP contribution in [0.15, 0.2) is 6.07 Å². The number of hydrogen-bond donors (Lipinski definition) is 2. The van der Waals surface area contributed by atoms with E-state index in [1.54, 1.807) is 6.92 Å². The number of alkyl halides is 1. The molecular formula is C11H11BrO4. The maximum absolute atomic E-state index is 11.1. The van der Waals surface area contributed by atoms with Gasteiger partial charge in [0, 0.05) is 5.33 Å². The fourth-order valence-corrected chi connectivity index (χ4v) is 2.38. The number of halogens is 1. The lowest BCUT2D eigenvalue weighted by atomic mass is 9.93. The van der Waals surface area contributed by atoms with Gasteiger partial charge in [-0.15, -0.1) is 0 Å². The molecule has 0 saturated carbocycles. The summed E-state index contributed by atoms with van der Waals surface area (Å²) in [7, 11) is 0. The maximum Gasteiger partial charge on any atom is 0.336 e. The largest absolute Gasteiger partial charge is 0.478 e. The molecule has 0 bridgehead atoms. The highest BCUT2D eigenvalue weighted by molar-refractivity contribution is 9.08. The standard InChI is InChI=1S/C11H11BrO4/c1-5-3-7(10(13)14)6(2)9(11(15)16)8(5)4-12/h3H,4H2,1-2H3,(H,13,14)(H,15,16). The van der Waals surface area contributed by atoms with Gasteiger partial charge in [-0.1, -0.05) is 15.9 Å². The van der Waals surface area contributed by atoms with Crippen LogP contribution in [-0.2, 0) is 5.33 Å². The quantitative estimate of drug-likeness (QED) is 0.838. The topological polar surface area (TPSA) is 74.6 Å². The Kier molecular flexibility index (Phi) is 3.70. The zero-order valence-corrected chi connectivity index (χ0v) is 10.5. The van der Waals surface area contributed by atoms with Crippen LogP contribution < -0.4 is 0 Å². The van der Waals surface area contributed by atoms with Gasteiger partial charge in [0.2, 0.25) is 0 Å². The number of rotatable bonds is 3. The highest BCUT2D eigenvalue weighted by Crippen LogP contribution is 2.25. The summed E-state index contributed by atoms with van der Waals surface area (Å²) in [6.45, 7) is 3.22. The van der Waals surface area contributed by atoms with E-state index in [1.807, 2.05) is 0 Å². The van der Waals surface area contributed by atoms with Crippen molar-refractivity contribution in [3.63, 3.8) is 0 Å². The van der Waals surface area contributed by atoms with Gasteiger partial charge in [0.05, 0.1) is 11.1 Å². The average Bonchev–Trinajstić information content (AvgIpc) is 2.19. The van der Waals surface area contributed by atoms with Crippen LogP contribution in [0.1, 0.15) is 37.4 Å². The molecule has 0 saturated heterocycles. The molecule has 0 aliphatic rings. The minimum atomic E-state index is -1.11. The number of benzene rings is 1. The van der Waals surface area contributed by atoms with Crippen LogP contribution >= 0.6 is 15.9 Å². The molecule has 2 N–H and O–H groups in total. The molecule has 0 heterocycles. The molecule has 1 aromatic rings. The second-order valence-electron chi connectivity index (χ2n) is 3.46. The predicted octanol–water partition coefficient (Wildman–Crippen LogP) is 2.59. The van der Waals surface area contributed by atoms with Gasteiger partial charge in [-0.05, 0) is 36.6 Å².